The lowest BCUT2D eigenvalue weighted by Crippen LogP contribution is -2.39. The Hall–Kier alpha value is -1.90. The van der Waals surface area contributed by atoms with Crippen LogP contribution in [0, 0.1) is 0 Å². The maximum Gasteiger partial charge on any atom is 0.260 e. The standard InChI is InChI=1S/C13H13NO2/c1-10-7-8-14(12(15)9-10)13(16)11-5-3-2-4-6-11/h2-6,9H,7-8H2,1H3. The van der Waals surface area contributed by atoms with Crippen molar-refractivity contribution < 1.29 is 9.59 Å². The summed E-state index contributed by atoms with van der Waals surface area (Å²) in [6, 6.07) is 8.88. The van der Waals surface area contributed by atoms with Gasteiger partial charge >= 0.3 is 0 Å². The molecular weight excluding hydrogens is 202 g/mol. The van der Waals surface area contributed by atoms with E-state index < -0.39 is 0 Å². The molecule has 0 aromatic heterocycles. The fourth-order valence-corrected chi connectivity index (χ4v) is 1.70. The van der Waals surface area contributed by atoms with Gasteiger partial charge in [-0.15, -0.1) is 0 Å². The topological polar surface area (TPSA) is 37.4 Å². The lowest BCUT2D eigenvalue weighted by Gasteiger charge is -2.23. The third kappa shape index (κ3) is 2.03. The highest BCUT2D eigenvalue weighted by Crippen LogP contribution is 2.14. The monoisotopic (exact) mass is 215 g/mol. The van der Waals surface area contributed by atoms with Gasteiger partial charge in [-0.3, -0.25) is 14.5 Å². The molecular formula is C13H13NO2. The van der Waals surface area contributed by atoms with Crippen LogP contribution in [0.3, 0.4) is 0 Å². The quantitative estimate of drug-likeness (QED) is 0.672. The molecule has 3 heteroatoms. The first-order valence-corrected chi connectivity index (χ1v) is 5.26. The number of rotatable bonds is 1. The van der Waals surface area contributed by atoms with Crippen molar-refractivity contribution in [3.63, 3.8) is 0 Å². The first kappa shape index (κ1) is 10.6. The number of carbonyl (C=O) groups is 2. The molecule has 0 fully saturated rings. The van der Waals surface area contributed by atoms with Gasteiger partial charge in [-0.25, -0.2) is 0 Å². The van der Waals surface area contributed by atoms with Gasteiger partial charge in [-0.1, -0.05) is 23.8 Å². The number of hydrogen-bond acceptors (Lipinski definition) is 2. The molecule has 0 bridgehead atoms. The van der Waals surface area contributed by atoms with Crippen molar-refractivity contribution in [2.45, 2.75) is 13.3 Å². The fraction of sp³-hybridized carbons (Fsp3) is 0.231. The van der Waals surface area contributed by atoms with Crippen molar-refractivity contribution in [1.82, 2.24) is 4.90 Å². The van der Waals surface area contributed by atoms with Crippen molar-refractivity contribution in [2.24, 2.45) is 0 Å². The van der Waals surface area contributed by atoms with Crippen LogP contribution in [0.4, 0.5) is 0 Å². The van der Waals surface area contributed by atoms with Gasteiger partial charge in [0, 0.05) is 18.2 Å². The highest BCUT2D eigenvalue weighted by molar-refractivity contribution is 6.08. The fourth-order valence-electron chi connectivity index (χ4n) is 1.70. The molecule has 0 atom stereocenters. The molecule has 0 radical (unpaired) electrons. The summed E-state index contributed by atoms with van der Waals surface area (Å²) in [5.74, 6) is -0.424. The second kappa shape index (κ2) is 4.31. The van der Waals surface area contributed by atoms with Crippen LogP contribution < -0.4 is 0 Å². The molecule has 0 unspecified atom stereocenters. The van der Waals surface area contributed by atoms with Gasteiger partial charge in [0.2, 0.25) is 0 Å². The van der Waals surface area contributed by atoms with E-state index in [1.807, 2.05) is 13.0 Å². The zero-order chi connectivity index (χ0) is 11.5. The second-order valence-electron chi connectivity index (χ2n) is 3.90. The van der Waals surface area contributed by atoms with Gasteiger partial charge in [-0.05, 0) is 25.5 Å². The Morgan fingerprint density at radius 1 is 1.25 bits per heavy atom. The Kier molecular flexibility index (Phi) is 2.86. The predicted molar refractivity (Wildman–Crippen MR) is 60.9 cm³/mol. The van der Waals surface area contributed by atoms with Crippen LogP contribution in [0.5, 0.6) is 0 Å². The zero-order valence-corrected chi connectivity index (χ0v) is 9.14. The third-order valence-electron chi connectivity index (χ3n) is 2.63. The van der Waals surface area contributed by atoms with Crippen molar-refractivity contribution in [2.75, 3.05) is 6.54 Å². The van der Waals surface area contributed by atoms with E-state index in [2.05, 4.69) is 0 Å². The molecule has 1 aromatic carbocycles. The normalized spacial score (nSPS) is 15.9. The number of nitrogens with zero attached hydrogens (tertiary/aromatic N) is 1. The SMILES string of the molecule is CC1=CC(=O)N(C(=O)c2ccccc2)CC1. The summed E-state index contributed by atoms with van der Waals surface area (Å²) in [7, 11) is 0. The highest BCUT2D eigenvalue weighted by atomic mass is 16.2. The van der Waals surface area contributed by atoms with E-state index in [4.69, 9.17) is 0 Å². The molecule has 0 saturated carbocycles. The van der Waals surface area contributed by atoms with Crippen LogP contribution in [0.2, 0.25) is 0 Å². The third-order valence-corrected chi connectivity index (χ3v) is 2.63. The van der Waals surface area contributed by atoms with Crippen LogP contribution in [0.15, 0.2) is 42.0 Å². The number of imide groups is 1. The highest BCUT2D eigenvalue weighted by Gasteiger charge is 2.23. The van der Waals surface area contributed by atoms with E-state index in [0.29, 0.717) is 12.1 Å². The Bertz CT molecular complexity index is 448. The Morgan fingerprint density at radius 2 is 1.94 bits per heavy atom. The number of benzene rings is 1. The summed E-state index contributed by atoms with van der Waals surface area (Å²) in [5, 5.41) is 0. The van der Waals surface area contributed by atoms with Gasteiger partial charge in [0.05, 0.1) is 0 Å². The zero-order valence-electron chi connectivity index (χ0n) is 9.14. The van der Waals surface area contributed by atoms with Crippen LogP contribution >= 0.6 is 0 Å². The maximum atomic E-state index is 12.0. The molecule has 1 aliphatic rings. The molecule has 1 aliphatic heterocycles. The van der Waals surface area contributed by atoms with E-state index in [0.717, 1.165) is 12.0 Å². The van der Waals surface area contributed by atoms with Crippen molar-refractivity contribution in [1.29, 1.82) is 0 Å². The summed E-state index contributed by atoms with van der Waals surface area (Å²) < 4.78 is 0. The van der Waals surface area contributed by atoms with Gasteiger partial charge in [0.1, 0.15) is 0 Å². The molecule has 3 nitrogen and oxygen atoms in total. The van der Waals surface area contributed by atoms with Gasteiger partial charge in [0.15, 0.2) is 0 Å². The molecule has 0 saturated heterocycles. The molecule has 16 heavy (non-hydrogen) atoms. The maximum absolute atomic E-state index is 12.0. The molecule has 0 spiro atoms. The predicted octanol–water partition coefficient (Wildman–Crippen LogP) is 2.01. The molecule has 1 heterocycles. The summed E-state index contributed by atoms with van der Waals surface area (Å²) >= 11 is 0. The van der Waals surface area contributed by atoms with Gasteiger partial charge in [-0.2, -0.15) is 0 Å². The first-order chi connectivity index (χ1) is 7.68. The molecule has 82 valence electrons. The lowest BCUT2D eigenvalue weighted by atomic mass is 10.1. The average molecular weight is 215 g/mol. The van der Waals surface area contributed by atoms with Crippen molar-refractivity contribution in [3.8, 4) is 0 Å². The molecule has 0 N–H and O–H groups in total. The van der Waals surface area contributed by atoms with Crippen LogP contribution in [0.25, 0.3) is 0 Å². The first-order valence-electron chi connectivity index (χ1n) is 5.26. The van der Waals surface area contributed by atoms with Crippen LogP contribution in [0.1, 0.15) is 23.7 Å². The lowest BCUT2D eigenvalue weighted by molar-refractivity contribution is -0.124. The molecule has 1 aromatic rings. The van der Waals surface area contributed by atoms with E-state index in [9.17, 15) is 9.59 Å². The minimum atomic E-state index is -0.214. The Labute approximate surface area is 94.4 Å². The Balaban J connectivity index is 2.21. The average Bonchev–Trinajstić information content (AvgIpc) is 2.29. The largest absolute Gasteiger partial charge is 0.275 e. The van der Waals surface area contributed by atoms with E-state index in [1.54, 1.807) is 24.3 Å². The van der Waals surface area contributed by atoms with Crippen LogP contribution in [-0.4, -0.2) is 23.3 Å². The smallest absolute Gasteiger partial charge is 0.260 e. The van der Waals surface area contributed by atoms with E-state index in [1.165, 1.54) is 11.0 Å². The number of carbonyl (C=O) groups excluding carboxylic acids is 2. The summed E-state index contributed by atoms with van der Waals surface area (Å²) in [6.07, 6.45) is 2.30. The summed E-state index contributed by atoms with van der Waals surface area (Å²) in [5.41, 5.74) is 1.59. The van der Waals surface area contributed by atoms with Crippen molar-refractivity contribution >= 4 is 11.8 Å². The second-order valence-corrected chi connectivity index (χ2v) is 3.90. The Morgan fingerprint density at radius 3 is 2.56 bits per heavy atom. The molecule has 0 aliphatic carbocycles. The van der Waals surface area contributed by atoms with E-state index in [-0.39, 0.29) is 11.8 Å². The van der Waals surface area contributed by atoms with Crippen molar-refractivity contribution in [3.05, 3.63) is 47.5 Å². The van der Waals surface area contributed by atoms with Gasteiger partial charge in [0.25, 0.3) is 11.8 Å². The summed E-state index contributed by atoms with van der Waals surface area (Å²) in [6.45, 7) is 2.39. The molecule has 2 amide bonds. The number of hydrogen-bond donors (Lipinski definition) is 0. The number of amides is 2. The molecule has 2 rings (SSSR count). The van der Waals surface area contributed by atoms with Gasteiger partial charge < -0.3 is 0 Å². The van der Waals surface area contributed by atoms with E-state index >= 15 is 0 Å². The minimum absolute atomic E-state index is 0.211. The van der Waals surface area contributed by atoms with Crippen LogP contribution in [-0.2, 0) is 4.79 Å². The summed E-state index contributed by atoms with van der Waals surface area (Å²) in [4.78, 5) is 24.9. The minimum Gasteiger partial charge on any atom is -0.275 e.